The molecule has 0 aliphatic carbocycles. The summed E-state index contributed by atoms with van der Waals surface area (Å²) in [5.41, 5.74) is 2.18. The molecule has 0 saturated heterocycles. The number of rotatable bonds is 6. The van der Waals surface area contributed by atoms with E-state index in [4.69, 9.17) is 4.74 Å². The van der Waals surface area contributed by atoms with E-state index in [1.165, 1.54) is 0 Å². The molecule has 7 nitrogen and oxygen atoms in total. The van der Waals surface area contributed by atoms with Crippen LogP contribution in [0.2, 0.25) is 0 Å². The first kappa shape index (κ1) is 18.7. The molecular weight excluding hydrogens is 368 g/mol. The van der Waals surface area contributed by atoms with E-state index >= 15 is 0 Å². The van der Waals surface area contributed by atoms with Gasteiger partial charge in [-0.1, -0.05) is 48.5 Å². The Morgan fingerprint density at radius 3 is 2.66 bits per heavy atom. The maximum absolute atomic E-state index is 12.8. The monoisotopic (exact) mass is 390 g/mol. The molecule has 7 heteroatoms. The number of methoxy groups -OCH3 is 1. The van der Waals surface area contributed by atoms with Crippen LogP contribution in [0.15, 0.2) is 60.8 Å². The largest absolute Gasteiger partial charge is 0.496 e. The van der Waals surface area contributed by atoms with Crippen molar-refractivity contribution in [2.75, 3.05) is 13.7 Å². The summed E-state index contributed by atoms with van der Waals surface area (Å²) in [6, 6.07) is 17.3. The van der Waals surface area contributed by atoms with Gasteiger partial charge in [-0.2, -0.15) is 0 Å². The van der Waals surface area contributed by atoms with Crippen LogP contribution >= 0.6 is 0 Å². The minimum Gasteiger partial charge on any atom is -0.496 e. The molecule has 2 aromatic carbocycles. The van der Waals surface area contributed by atoms with Crippen molar-refractivity contribution >= 4 is 11.8 Å². The second-order valence-electron chi connectivity index (χ2n) is 6.85. The van der Waals surface area contributed by atoms with Gasteiger partial charge in [0.2, 0.25) is 0 Å². The zero-order valence-electron chi connectivity index (χ0n) is 16.2. The van der Waals surface area contributed by atoms with Crippen LogP contribution < -0.4 is 10.1 Å². The minimum atomic E-state index is -0.319. The summed E-state index contributed by atoms with van der Waals surface area (Å²) < 4.78 is 7.05. The summed E-state index contributed by atoms with van der Waals surface area (Å²) in [6.07, 6.45) is 1.64. The van der Waals surface area contributed by atoms with E-state index in [-0.39, 0.29) is 17.5 Å². The van der Waals surface area contributed by atoms with E-state index in [0.717, 1.165) is 11.1 Å². The van der Waals surface area contributed by atoms with Gasteiger partial charge in [-0.3, -0.25) is 9.59 Å². The van der Waals surface area contributed by atoms with Crippen LogP contribution in [-0.4, -0.2) is 39.9 Å². The van der Waals surface area contributed by atoms with Crippen molar-refractivity contribution in [1.29, 1.82) is 0 Å². The Morgan fingerprint density at radius 1 is 1.10 bits per heavy atom. The number of carbonyl (C=O) groups is 2. The molecule has 0 atom stereocenters. The Morgan fingerprint density at radius 2 is 1.86 bits per heavy atom. The number of fused-ring (bicyclic) bond motifs is 1. The molecule has 0 bridgehead atoms. The third kappa shape index (κ3) is 3.99. The van der Waals surface area contributed by atoms with Crippen LogP contribution in [0.5, 0.6) is 5.75 Å². The zero-order chi connectivity index (χ0) is 20.2. The molecule has 1 aromatic heterocycles. The van der Waals surface area contributed by atoms with Gasteiger partial charge in [-0.05, 0) is 11.6 Å². The van der Waals surface area contributed by atoms with E-state index < -0.39 is 0 Å². The molecule has 148 valence electrons. The summed E-state index contributed by atoms with van der Waals surface area (Å²) in [7, 11) is 1.59. The van der Waals surface area contributed by atoms with Crippen molar-refractivity contribution in [2.24, 2.45) is 0 Å². The van der Waals surface area contributed by atoms with Crippen molar-refractivity contribution in [3.8, 4) is 5.75 Å². The van der Waals surface area contributed by atoms with Gasteiger partial charge in [-0.25, -0.2) is 4.98 Å². The molecule has 2 heterocycles. The quantitative estimate of drug-likeness (QED) is 0.702. The molecule has 2 amide bonds. The van der Waals surface area contributed by atoms with Gasteiger partial charge in [0.15, 0.2) is 5.82 Å². The Hall–Kier alpha value is -3.61. The SMILES string of the molecule is COc1ccccc1CNC(=O)c1cn2c(n1)C(=O)N(Cc1ccccc1)CC2. The Bertz CT molecular complexity index is 1030. The second kappa shape index (κ2) is 8.18. The predicted octanol–water partition coefficient (Wildman–Crippen LogP) is 2.48. The summed E-state index contributed by atoms with van der Waals surface area (Å²) >= 11 is 0. The van der Waals surface area contributed by atoms with E-state index in [1.54, 1.807) is 22.8 Å². The molecule has 29 heavy (non-hydrogen) atoms. The van der Waals surface area contributed by atoms with Crippen molar-refractivity contribution in [1.82, 2.24) is 19.8 Å². The molecule has 0 radical (unpaired) electrons. The summed E-state index contributed by atoms with van der Waals surface area (Å²) in [5, 5.41) is 2.85. The summed E-state index contributed by atoms with van der Waals surface area (Å²) in [6.45, 7) is 2.04. The lowest BCUT2D eigenvalue weighted by atomic mass is 10.2. The van der Waals surface area contributed by atoms with E-state index in [1.807, 2.05) is 54.6 Å². The van der Waals surface area contributed by atoms with Crippen molar-refractivity contribution in [2.45, 2.75) is 19.6 Å². The molecule has 0 unspecified atom stereocenters. The number of amides is 2. The Labute approximate surface area is 168 Å². The van der Waals surface area contributed by atoms with Crippen LogP contribution in [-0.2, 0) is 19.6 Å². The van der Waals surface area contributed by atoms with Crippen molar-refractivity contribution in [3.05, 3.63) is 83.4 Å². The van der Waals surface area contributed by atoms with E-state index in [9.17, 15) is 9.59 Å². The van der Waals surface area contributed by atoms with Gasteiger partial charge in [0.25, 0.3) is 11.8 Å². The average Bonchev–Trinajstić information content (AvgIpc) is 3.20. The molecule has 1 aliphatic rings. The standard InChI is InChI=1S/C22H22N4O3/c1-29-19-10-6-5-9-17(19)13-23-21(27)18-15-25-11-12-26(22(28)20(25)24-18)14-16-7-3-2-4-8-16/h2-10,15H,11-14H2,1H3,(H,23,27). The van der Waals surface area contributed by atoms with E-state index in [0.29, 0.717) is 37.8 Å². The Balaban J connectivity index is 1.44. The van der Waals surface area contributed by atoms with Crippen LogP contribution in [0, 0.1) is 0 Å². The Kier molecular flexibility index (Phi) is 5.29. The number of benzene rings is 2. The number of nitrogens with one attached hydrogen (secondary N) is 1. The first-order chi connectivity index (χ1) is 14.2. The predicted molar refractivity (Wildman–Crippen MR) is 108 cm³/mol. The third-order valence-electron chi connectivity index (χ3n) is 4.95. The number of hydrogen-bond donors (Lipinski definition) is 1. The van der Waals surface area contributed by atoms with Gasteiger partial charge in [0.05, 0.1) is 7.11 Å². The lowest BCUT2D eigenvalue weighted by Gasteiger charge is -2.27. The number of nitrogens with zero attached hydrogens (tertiary/aromatic N) is 3. The number of hydrogen-bond acceptors (Lipinski definition) is 4. The molecule has 4 rings (SSSR count). The molecule has 0 spiro atoms. The topological polar surface area (TPSA) is 76.5 Å². The van der Waals surface area contributed by atoms with E-state index in [2.05, 4.69) is 10.3 Å². The molecule has 0 fully saturated rings. The minimum absolute atomic E-state index is 0.163. The fourth-order valence-corrected chi connectivity index (χ4v) is 3.41. The van der Waals surface area contributed by atoms with Gasteiger partial charge in [0, 0.05) is 37.9 Å². The highest BCUT2D eigenvalue weighted by molar-refractivity contribution is 5.96. The van der Waals surface area contributed by atoms with Crippen LogP contribution in [0.4, 0.5) is 0 Å². The zero-order valence-corrected chi connectivity index (χ0v) is 16.2. The lowest BCUT2D eigenvalue weighted by molar-refractivity contribution is 0.0683. The number of aromatic nitrogens is 2. The number of ether oxygens (including phenoxy) is 1. The number of para-hydroxylation sites is 1. The smallest absolute Gasteiger partial charge is 0.290 e. The number of carbonyl (C=O) groups excluding carboxylic acids is 2. The molecule has 0 saturated carbocycles. The first-order valence-corrected chi connectivity index (χ1v) is 9.46. The maximum atomic E-state index is 12.8. The second-order valence-corrected chi connectivity index (χ2v) is 6.85. The third-order valence-corrected chi connectivity index (χ3v) is 4.95. The molecule has 1 aliphatic heterocycles. The van der Waals surface area contributed by atoms with Crippen molar-refractivity contribution in [3.63, 3.8) is 0 Å². The molecule has 1 N–H and O–H groups in total. The van der Waals surface area contributed by atoms with Crippen LogP contribution in [0.25, 0.3) is 0 Å². The highest BCUT2D eigenvalue weighted by Gasteiger charge is 2.28. The normalized spacial score (nSPS) is 13.1. The summed E-state index contributed by atoms with van der Waals surface area (Å²) in [5.74, 6) is 0.530. The molecule has 3 aromatic rings. The van der Waals surface area contributed by atoms with Crippen LogP contribution in [0.1, 0.15) is 32.2 Å². The van der Waals surface area contributed by atoms with Gasteiger partial charge in [-0.15, -0.1) is 0 Å². The van der Waals surface area contributed by atoms with Gasteiger partial charge < -0.3 is 19.5 Å². The first-order valence-electron chi connectivity index (χ1n) is 9.46. The van der Waals surface area contributed by atoms with Gasteiger partial charge >= 0.3 is 0 Å². The van der Waals surface area contributed by atoms with Gasteiger partial charge in [0.1, 0.15) is 11.4 Å². The van der Waals surface area contributed by atoms with Crippen molar-refractivity contribution < 1.29 is 14.3 Å². The fourth-order valence-electron chi connectivity index (χ4n) is 3.41. The highest BCUT2D eigenvalue weighted by atomic mass is 16.5. The average molecular weight is 390 g/mol. The molecular formula is C22H22N4O3. The fraction of sp³-hybridized carbons (Fsp3) is 0.227. The lowest BCUT2D eigenvalue weighted by Crippen LogP contribution is -2.39. The van der Waals surface area contributed by atoms with Crippen LogP contribution in [0.3, 0.4) is 0 Å². The highest BCUT2D eigenvalue weighted by Crippen LogP contribution is 2.18. The summed E-state index contributed by atoms with van der Waals surface area (Å²) in [4.78, 5) is 31.4. The maximum Gasteiger partial charge on any atom is 0.290 e. The number of imidazole rings is 1.